The average molecular weight is 314 g/mol. The molecule has 108 valence electrons. The van der Waals surface area contributed by atoms with E-state index < -0.39 is 0 Å². The molecule has 0 unspecified atom stereocenters. The van der Waals surface area contributed by atoms with Crippen molar-refractivity contribution >= 4 is 22.9 Å². The minimum absolute atomic E-state index is 0.324. The standard InChI is InChI=1S/C14H17ClFN3S/c1-9(2)8-17-6-5-13-18-19-14(20-13)11-7-10(15)3-4-12(11)16/h3-4,7,9,17H,5-6,8H2,1-2H3. The van der Waals surface area contributed by atoms with Crippen molar-refractivity contribution in [1.29, 1.82) is 0 Å². The second kappa shape index (κ2) is 7.11. The van der Waals surface area contributed by atoms with Crippen LogP contribution in [0.2, 0.25) is 5.02 Å². The Bertz CT molecular complexity index is 571. The summed E-state index contributed by atoms with van der Waals surface area (Å²) in [5.41, 5.74) is 0.413. The lowest BCUT2D eigenvalue weighted by Gasteiger charge is -2.05. The molecule has 0 amide bonds. The van der Waals surface area contributed by atoms with Crippen LogP contribution in [0.3, 0.4) is 0 Å². The van der Waals surface area contributed by atoms with Crippen LogP contribution in [0, 0.1) is 11.7 Å². The van der Waals surface area contributed by atoms with E-state index in [0.29, 0.717) is 21.5 Å². The van der Waals surface area contributed by atoms with E-state index in [0.717, 1.165) is 24.5 Å². The van der Waals surface area contributed by atoms with E-state index in [4.69, 9.17) is 11.6 Å². The molecule has 1 aromatic carbocycles. The average Bonchev–Trinajstić information content (AvgIpc) is 2.86. The van der Waals surface area contributed by atoms with Crippen LogP contribution in [0.25, 0.3) is 10.6 Å². The second-order valence-corrected chi connectivity index (χ2v) is 6.47. The summed E-state index contributed by atoms with van der Waals surface area (Å²) in [6.07, 6.45) is 0.798. The molecule has 1 heterocycles. The summed E-state index contributed by atoms with van der Waals surface area (Å²) in [6.45, 7) is 6.16. The predicted molar refractivity (Wildman–Crippen MR) is 81.7 cm³/mol. The maximum Gasteiger partial charge on any atom is 0.150 e. The zero-order valence-corrected chi connectivity index (χ0v) is 13.1. The smallest absolute Gasteiger partial charge is 0.150 e. The van der Waals surface area contributed by atoms with E-state index in [1.54, 1.807) is 6.07 Å². The van der Waals surface area contributed by atoms with Crippen molar-refractivity contribution in [3.63, 3.8) is 0 Å². The molecule has 20 heavy (non-hydrogen) atoms. The molecule has 1 N–H and O–H groups in total. The number of aromatic nitrogens is 2. The molecule has 0 radical (unpaired) electrons. The van der Waals surface area contributed by atoms with Gasteiger partial charge in [0, 0.05) is 23.6 Å². The zero-order valence-electron chi connectivity index (χ0n) is 11.5. The highest BCUT2D eigenvalue weighted by Gasteiger charge is 2.11. The first-order valence-electron chi connectivity index (χ1n) is 6.55. The normalized spacial score (nSPS) is 11.2. The monoisotopic (exact) mass is 313 g/mol. The molecule has 0 bridgehead atoms. The Morgan fingerprint density at radius 1 is 1.35 bits per heavy atom. The third kappa shape index (κ3) is 4.23. The van der Waals surface area contributed by atoms with Gasteiger partial charge in [-0.05, 0) is 30.7 Å². The molecule has 0 aliphatic rings. The Labute approximate surface area is 127 Å². The zero-order chi connectivity index (χ0) is 14.5. The highest BCUT2D eigenvalue weighted by atomic mass is 35.5. The number of nitrogens with zero attached hydrogens (tertiary/aromatic N) is 2. The molecular formula is C14H17ClFN3S. The largest absolute Gasteiger partial charge is 0.316 e. The maximum absolute atomic E-state index is 13.7. The Balaban J connectivity index is 2.00. The molecule has 0 saturated carbocycles. The first-order valence-corrected chi connectivity index (χ1v) is 7.74. The number of rotatable bonds is 6. The van der Waals surface area contributed by atoms with Gasteiger partial charge in [0.05, 0.1) is 0 Å². The van der Waals surface area contributed by atoms with Crippen LogP contribution in [0.1, 0.15) is 18.9 Å². The Morgan fingerprint density at radius 2 is 2.15 bits per heavy atom. The first-order chi connectivity index (χ1) is 9.56. The van der Waals surface area contributed by atoms with Crippen LogP contribution in [0.4, 0.5) is 4.39 Å². The van der Waals surface area contributed by atoms with Crippen molar-refractivity contribution in [2.24, 2.45) is 5.92 Å². The van der Waals surface area contributed by atoms with Crippen molar-refractivity contribution in [3.05, 3.63) is 34.0 Å². The molecule has 0 fully saturated rings. The minimum Gasteiger partial charge on any atom is -0.316 e. The van der Waals surface area contributed by atoms with Crippen molar-refractivity contribution in [1.82, 2.24) is 15.5 Å². The van der Waals surface area contributed by atoms with Gasteiger partial charge in [-0.1, -0.05) is 36.8 Å². The lowest BCUT2D eigenvalue weighted by molar-refractivity contribution is 0.553. The molecular weight excluding hydrogens is 297 g/mol. The molecule has 6 heteroatoms. The quantitative estimate of drug-likeness (QED) is 0.825. The first kappa shape index (κ1) is 15.4. The number of hydrogen-bond donors (Lipinski definition) is 1. The minimum atomic E-state index is -0.324. The molecule has 1 aromatic heterocycles. The van der Waals surface area contributed by atoms with E-state index in [2.05, 4.69) is 29.4 Å². The van der Waals surface area contributed by atoms with Gasteiger partial charge in [0.2, 0.25) is 0 Å². The third-order valence-corrected chi connectivity index (χ3v) is 3.95. The van der Waals surface area contributed by atoms with Crippen molar-refractivity contribution in [3.8, 4) is 10.6 Å². The van der Waals surface area contributed by atoms with Gasteiger partial charge in [0.1, 0.15) is 10.8 Å². The van der Waals surface area contributed by atoms with Crippen molar-refractivity contribution < 1.29 is 4.39 Å². The molecule has 3 nitrogen and oxygen atoms in total. The maximum atomic E-state index is 13.7. The van der Waals surface area contributed by atoms with E-state index in [1.165, 1.54) is 23.5 Å². The lowest BCUT2D eigenvalue weighted by atomic mass is 10.2. The number of benzene rings is 1. The molecule has 0 atom stereocenters. The van der Waals surface area contributed by atoms with E-state index in [-0.39, 0.29) is 5.82 Å². The summed E-state index contributed by atoms with van der Waals surface area (Å²) >= 11 is 7.29. The summed E-state index contributed by atoms with van der Waals surface area (Å²) in [6, 6.07) is 4.46. The van der Waals surface area contributed by atoms with Gasteiger partial charge < -0.3 is 5.32 Å². The lowest BCUT2D eigenvalue weighted by Crippen LogP contribution is -2.22. The number of nitrogens with one attached hydrogen (secondary N) is 1. The summed E-state index contributed by atoms with van der Waals surface area (Å²) in [4.78, 5) is 0. The van der Waals surface area contributed by atoms with Crippen LogP contribution in [-0.4, -0.2) is 23.3 Å². The van der Waals surface area contributed by atoms with E-state index in [1.807, 2.05) is 0 Å². The van der Waals surface area contributed by atoms with E-state index >= 15 is 0 Å². The van der Waals surface area contributed by atoms with E-state index in [9.17, 15) is 4.39 Å². The van der Waals surface area contributed by atoms with Crippen LogP contribution in [-0.2, 0) is 6.42 Å². The van der Waals surface area contributed by atoms with Crippen LogP contribution in [0.15, 0.2) is 18.2 Å². The predicted octanol–water partition coefficient (Wildman–Crippen LogP) is 3.79. The van der Waals surface area contributed by atoms with Crippen molar-refractivity contribution in [2.75, 3.05) is 13.1 Å². The number of halogens is 2. The van der Waals surface area contributed by atoms with Crippen LogP contribution < -0.4 is 5.32 Å². The Hall–Kier alpha value is -1.04. The van der Waals surface area contributed by atoms with Gasteiger partial charge in [-0.2, -0.15) is 0 Å². The molecule has 2 rings (SSSR count). The summed E-state index contributed by atoms with van der Waals surface area (Å²) in [5.74, 6) is 0.301. The van der Waals surface area contributed by atoms with Gasteiger partial charge in [0.15, 0.2) is 5.01 Å². The topological polar surface area (TPSA) is 37.8 Å². The Morgan fingerprint density at radius 3 is 2.90 bits per heavy atom. The fourth-order valence-corrected chi connectivity index (χ4v) is 2.74. The van der Waals surface area contributed by atoms with Crippen LogP contribution in [0.5, 0.6) is 0 Å². The highest BCUT2D eigenvalue weighted by molar-refractivity contribution is 7.14. The fourth-order valence-electron chi connectivity index (χ4n) is 1.71. The van der Waals surface area contributed by atoms with Gasteiger partial charge >= 0.3 is 0 Å². The number of hydrogen-bond acceptors (Lipinski definition) is 4. The van der Waals surface area contributed by atoms with Crippen LogP contribution >= 0.6 is 22.9 Å². The summed E-state index contributed by atoms with van der Waals surface area (Å²) < 4.78 is 13.7. The SMILES string of the molecule is CC(C)CNCCc1nnc(-c2cc(Cl)ccc2F)s1. The summed E-state index contributed by atoms with van der Waals surface area (Å²) in [5, 5.41) is 13.5. The molecule has 2 aromatic rings. The van der Waals surface area contributed by atoms with Gasteiger partial charge in [0.25, 0.3) is 0 Å². The Kier molecular flexibility index (Phi) is 5.46. The molecule has 0 saturated heterocycles. The molecule has 0 aliphatic heterocycles. The highest BCUT2D eigenvalue weighted by Crippen LogP contribution is 2.28. The second-order valence-electron chi connectivity index (χ2n) is 4.97. The van der Waals surface area contributed by atoms with Gasteiger partial charge in [-0.3, -0.25) is 0 Å². The fraction of sp³-hybridized carbons (Fsp3) is 0.429. The summed E-state index contributed by atoms with van der Waals surface area (Å²) in [7, 11) is 0. The molecule has 0 aliphatic carbocycles. The van der Waals surface area contributed by atoms with Crippen molar-refractivity contribution in [2.45, 2.75) is 20.3 Å². The van der Waals surface area contributed by atoms with Gasteiger partial charge in [-0.15, -0.1) is 10.2 Å². The third-order valence-electron chi connectivity index (χ3n) is 2.69. The molecule has 0 spiro atoms. The van der Waals surface area contributed by atoms with Gasteiger partial charge in [-0.25, -0.2) is 4.39 Å².